The Bertz CT molecular complexity index is 790. The largest absolute Gasteiger partial charge is 0.369 e. The monoisotopic (exact) mass is 396 g/mol. The second-order valence-corrected chi connectivity index (χ2v) is 7.67. The Morgan fingerprint density at radius 2 is 2.12 bits per heavy atom. The van der Waals surface area contributed by atoms with Gasteiger partial charge >= 0.3 is 0 Å². The summed E-state index contributed by atoms with van der Waals surface area (Å²) in [6, 6.07) is 8.31. The van der Waals surface area contributed by atoms with Crippen LogP contribution in [0.1, 0.15) is 38.5 Å². The van der Waals surface area contributed by atoms with Crippen LogP contribution in [0.4, 0.5) is 4.39 Å². The number of rotatable bonds is 3. The van der Waals surface area contributed by atoms with Gasteiger partial charge in [-0.25, -0.2) is 4.39 Å². The fraction of sp³-hybridized carbons (Fsp3) is 0.421. The number of hydrogen-bond donors (Lipinski definition) is 2. The van der Waals surface area contributed by atoms with Crippen LogP contribution in [0.25, 0.3) is 0 Å². The molecule has 2 aromatic rings. The molecule has 1 spiro atoms. The first-order chi connectivity index (χ1) is 12.2. The van der Waals surface area contributed by atoms with Crippen LogP contribution < -0.4 is 10.6 Å². The van der Waals surface area contributed by atoms with E-state index < -0.39 is 0 Å². The summed E-state index contributed by atoms with van der Waals surface area (Å²) in [5, 5.41) is 6.27. The van der Waals surface area contributed by atoms with Gasteiger partial charge in [0.15, 0.2) is 0 Å². The average Bonchev–Trinajstić information content (AvgIpc) is 3.07. The second-order valence-electron chi connectivity index (χ2n) is 6.62. The molecule has 1 aromatic carbocycles. The highest BCUT2D eigenvalue weighted by Crippen LogP contribution is 2.44. The molecule has 0 unspecified atom stereocenters. The van der Waals surface area contributed by atoms with E-state index in [0.717, 1.165) is 37.9 Å². The van der Waals surface area contributed by atoms with Crippen molar-refractivity contribution in [2.75, 3.05) is 19.7 Å². The minimum atomic E-state index is -0.289. The number of amides is 1. The molecule has 7 heteroatoms. The summed E-state index contributed by atoms with van der Waals surface area (Å²) in [5.74, 6) is -0.393. The summed E-state index contributed by atoms with van der Waals surface area (Å²) in [6.07, 6.45) is 2.76. The van der Waals surface area contributed by atoms with Gasteiger partial charge in [0.25, 0.3) is 5.91 Å². The number of thiophene rings is 1. The molecule has 1 fully saturated rings. The lowest BCUT2D eigenvalue weighted by Gasteiger charge is -2.40. The molecule has 4 nitrogen and oxygen atoms in total. The molecule has 0 bridgehead atoms. The van der Waals surface area contributed by atoms with E-state index in [1.165, 1.54) is 22.6 Å². The minimum Gasteiger partial charge on any atom is -0.369 e. The minimum absolute atomic E-state index is 0. The maximum absolute atomic E-state index is 13.2. The molecule has 26 heavy (non-hydrogen) atoms. The average molecular weight is 397 g/mol. The first kappa shape index (κ1) is 19.3. The molecule has 4 rings (SSSR count). The fourth-order valence-electron chi connectivity index (χ4n) is 3.65. The zero-order chi connectivity index (χ0) is 17.3. The van der Waals surface area contributed by atoms with E-state index in [9.17, 15) is 9.18 Å². The molecule has 140 valence electrons. The number of benzene rings is 1. The van der Waals surface area contributed by atoms with Gasteiger partial charge in [0.05, 0.1) is 11.5 Å². The Morgan fingerprint density at radius 1 is 1.31 bits per heavy atom. The van der Waals surface area contributed by atoms with Gasteiger partial charge in [0.2, 0.25) is 0 Å². The molecule has 2 N–H and O–H groups in total. The normalized spacial score (nSPS) is 18.0. The van der Waals surface area contributed by atoms with Crippen LogP contribution in [0.3, 0.4) is 0 Å². The third-order valence-electron chi connectivity index (χ3n) is 4.95. The van der Waals surface area contributed by atoms with Gasteiger partial charge in [-0.3, -0.25) is 4.79 Å². The summed E-state index contributed by atoms with van der Waals surface area (Å²) in [6.45, 7) is 2.93. The zero-order valence-electron chi connectivity index (χ0n) is 14.3. The van der Waals surface area contributed by atoms with Crippen molar-refractivity contribution in [3.63, 3.8) is 0 Å². The van der Waals surface area contributed by atoms with Gasteiger partial charge in [-0.1, -0.05) is 12.1 Å². The predicted octanol–water partition coefficient (Wildman–Crippen LogP) is 3.39. The maximum atomic E-state index is 13.2. The van der Waals surface area contributed by atoms with Crippen molar-refractivity contribution in [3.05, 3.63) is 57.0 Å². The van der Waals surface area contributed by atoms with Crippen molar-refractivity contribution in [3.8, 4) is 0 Å². The first-order valence-electron chi connectivity index (χ1n) is 8.67. The van der Waals surface area contributed by atoms with Gasteiger partial charge in [0, 0.05) is 11.4 Å². The van der Waals surface area contributed by atoms with Crippen LogP contribution >= 0.6 is 23.7 Å². The summed E-state index contributed by atoms with van der Waals surface area (Å²) in [4.78, 5) is 14.5. The number of nitrogens with one attached hydrogen (secondary N) is 2. The number of carbonyl (C=O) groups is 1. The zero-order valence-corrected chi connectivity index (χ0v) is 16.0. The van der Waals surface area contributed by atoms with Crippen molar-refractivity contribution in [2.24, 2.45) is 0 Å². The van der Waals surface area contributed by atoms with Crippen LogP contribution in [0, 0.1) is 5.82 Å². The van der Waals surface area contributed by atoms with Crippen LogP contribution in [-0.4, -0.2) is 25.6 Å². The Labute approximate surface area is 162 Å². The lowest BCUT2D eigenvalue weighted by molar-refractivity contribution is -0.0771. The van der Waals surface area contributed by atoms with Crippen LogP contribution in [0.15, 0.2) is 30.3 Å². The number of fused-ring (bicyclic) bond motifs is 2. The fourth-order valence-corrected chi connectivity index (χ4v) is 4.98. The quantitative estimate of drug-likeness (QED) is 0.836. The number of hydrogen-bond acceptors (Lipinski definition) is 4. The van der Waals surface area contributed by atoms with Gasteiger partial charge < -0.3 is 15.4 Å². The summed E-state index contributed by atoms with van der Waals surface area (Å²) < 4.78 is 19.4. The highest BCUT2D eigenvalue weighted by atomic mass is 35.5. The maximum Gasteiger partial charge on any atom is 0.261 e. The number of piperidine rings is 1. The topological polar surface area (TPSA) is 50.4 Å². The van der Waals surface area contributed by atoms with Gasteiger partial charge in [0.1, 0.15) is 11.4 Å². The lowest BCUT2D eigenvalue weighted by Crippen LogP contribution is -2.43. The van der Waals surface area contributed by atoms with Crippen molar-refractivity contribution in [2.45, 2.75) is 31.4 Å². The van der Waals surface area contributed by atoms with Gasteiger partial charge in [-0.2, -0.15) is 0 Å². The SMILES string of the molecule is Cl.O=C(NCc1cccc(F)c1)c1cc2c(s1)C1(CCNCC1)OCC2. The molecule has 0 radical (unpaired) electrons. The van der Waals surface area contributed by atoms with Crippen LogP contribution in [0.2, 0.25) is 0 Å². The second kappa shape index (κ2) is 8.05. The summed E-state index contributed by atoms with van der Waals surface area (Å²) in [7, 11) is 0. The van der Waals surface area contributed by atoms with Crippen LogP contribution in [0.5, 0.6) is 0 Å². The molecule has 0 aliphatic carbocycles. The van der Waals surface area contributed by atoms with E-state index in [4.69, 9.17) is 4.74 Å². The Balaban J connectivity index is 0.00000196. The molecular formula is C19H22ClFN2O2S. The van der Waals surface area contributed by atoms with E-state index in [2.05, 4.69) is 10.6 Å². The molecule has 1 amide bonds. The summed E-state index contributed by atoms with van der Waals surface area (Å²) in [5.41, 5.74) is 1.78. The smallest absolute Gasteiger partial charge is 0.261 e. The van der Waals surface area contributed by atoms with Gasteiger partial charge in [-0.05, 0) is 61.7 Å². The van der Waals surface area contributed by atoms with Crippen molar-refractivity contribution < 1.29 is 13.9 Å². The van der Waals surface area contributed by atoms with E-state index in [-0.39, 0.29) is 29.7 Å². The Hall–Kier alpha value is -1.47. The highest BCUT2D eigenvalue weighted by Gasteiger charge is 2.41. The number of ether oxygens (including phenoxy) is 1. The number of carbonyl (C=O) groups excluding carboxylic acids is 1. The van der Waals surface area contributed by atoms with Crippen molar-refractivity contribution >= 4 is 29.7 Å². The molecule has 1 saturated heterocycles. The molecule has 0 saturated carbocycles. The van der Waals surface area contributed by atoms with Crippen LogP contribution in [-0.2, 0) is 23.3 Å². The van der Waals surface area contributed by atoms with E-state index in [0.29, 0.717) is 18.0 Å². The lowest BCUT2D eigenvalue weighted by atomic mass is 9.86. The summed E-state index contributed by atoms with van der Waals surface area (Å²) >= 11 is 1.55. The third kappa shape index (κ3) is 3.78. The molecule has 0 atom stereocenters. The standard InChI is InChI=1S/C19H21FN2O2S.ClH/c20-15-3-1-2-13(10-15)12-22-18(23)16-11-14-4-9-24-19(17(14)25-16)5-7-21-8-6-19;/h1-3,10-11,21H,4-9,12H2,(H,22,23);1H. The Kier molecular flexibility index (Phi) is 5.97. The molecule has 3 heterocycles. The molecule has 2 aliphatic heterocycles. The third-order valence-corrected chi connectivity index (χ3v) is 6.31. The molecule has 1 aromatic heterocycles. The molecule has 2 aliphatic rings. The van der Waals surface area contributed by atoms with Gasteiger partial charge in [-0.15, -0.1) is 23.7 Å². The van der Waals surface area contributed by atoms with E-state index in [1.807, 2.05) is 6.07 Å². The van der Waals surface area contributed by atoms with E-state index >= 15 is 0 Å². The predicted molar refractivity (Wildman–Crippen MR) is 103 cm³/mol. The van der Waals surface area contributed by atoms with Crippen molar-refractivity contribution in [1.29, 1.82) is 0 Å². The van der Waals surface area contributed by atoms with Crippen molar-refractivity contribution in [1.82, 2.24) is 10.6 Å². The van der Waals surface area contributed by atoms with E-state index in [1.54, 1.807) is 23.5 Å². The highest BCUT2D eigenvalue weighted by molar-refractivity contribution is 7.14. The number of halogens is 2. The molecular weight excluding hydrogens is 375 g/mol. The Morgan fingerprint density at radius 3 is 2.88 bits per heavy atom. The first-order valence-corrected chi connectivity index (χ1v) is 9.48.